The van der Waals surface area contributed by atoms with Crippen LogP contribution < -0.4 is 18.9 Å². The summed E-state index contributed by atoms with van der Waals surface area (Å²) in [6.45, 7) is 0.641. The highest BCUT2D eigenvalue weighted by Crippen LogP contribution is 2.45. The molecule has 0 amide bonds. The summed E-state index contributed by atoms with van der Waals surface area (Å²) >= 11 is 0. The van der Waals surface area contributed by atoms with Gasteiger partial charge in [0.25, 0.3) is 0 Å². The number of rotatable bonds is 8. The van der Waals surface area contributed by atoms with Crippen molar-refractivity contribution in [3.63, 3.8) is 0 Å². The molecule has 2 aromatic carbocycles. The number of methoxy groups -OCH3 is 4. The fourth-order valence-electron chi connectivity index (χ4n) is 4.23. The molecule has 2 unspecified atom stereocenters. The van der Waals surface area contributed by atoms with Gasteiger partial charge in [-0.2, -0.15) is 0 Å². The second kappa shape index (κ2) is 9.71. The summed E-state index contributed by atoms with van der Waals surface area (Å²) in [5.41, 5.74) is 1.63. The Bertz CT molecular complexity index is 882. The minimum atomic E-state index is -0.830. The highest BCUT2D eigenvalue weighted by atomic mass is 16.5. The van der Waals surface area contributed by atoms with Gasteiger partial charge in [-0.15, -0.1) is 0 Å². The van der Waals surface area contributed by atoms with Crippen LogP contribution in [0.3, 0.4) is 0 Å². The van der Waals surface area contributed by atoms with Crippen LogP contribution in [-0.4, -0.2) is 57.0 Å². The third-order valence-electron chi connectivity index (χ3n) is 5.62. The zero-order chi connectivity index (χ0) is 21.7. The number of likely N-dealkylation sites (tertiary alicyclic amines) is 1. The molecule has 0 saturated carbocycles. The molecule has 0 aliphatic carbocycles. The SMILES string of the molecule is COc1ccc(OC)c(C(c2cccc(OC)c2OC)N2CCCCC2C(=O)O)c1. The summed E-state index contributed by atoms with van der Waals surface area (Å²) in [5, 5.41) is 9.95. The van der Waals surface area contributed by atoms with Crippen LogP contribution in [0.25, 0.3) is 0 Å². The minimum Gasteiger partial charge on any atom is -0.497 e. The van der Waals surface area contributed by atoms with Crippen LogP contribution in [0.1, 0.15) is 36.4 Å². The van der Waals surface area contributed by atoms with Crippen molar-refractivity contribution in [1.82, 2.24) is 4.90 Å². The van der Waals surface area contributed by atoms with E-state index < -0.39 is 18.1 Å². The van der Waals surface area contributed by atoms with Gasteiger partial charge in [-0.25, -0.2) is 0 Å². The molecule has 1 saturated heterocycles. The van der Waals surface area contributed by atoms with Gasteiger partial charge in [0.15, 0.2) is 11.5 Å². The van der Waals surface area contributed by atoms with E-state index in [9.17, 15) is 9.90 Å². The molecule has 30 heavy (non-hydrogen) atoms. The molecule has 0 aromatic heterocycles. The Balaban J connectivity index is 2.27. The van der Waals surface area contributed by atoms with E-state index in [4.69, 9.17) is 18.9 Å². The Hall–Kier alpha value is -2.93. The van der Waals surface area contributed by atoms with Crippen LogP contribution in [0.2, 0.25) is 0 Å². The van der Waals surface area contributed by atoms with Crippen molar-refractivity contribution in [1.29, 1.82) is 0 Å². The number of hydrogen-bond acceptors (Lipinski definition) is 6. The maximum atomic E-state index is 12.1. The topological polar surface area (TPSA) is 77.5 Å². The number of ether oxygens (including phenoxy) is 4. The third-order valence-corrected chi connectivity index (χ3v) is 5.62. The van der Waals surface area contributed by atoms with E-state index in [0.717, 1.165) is 24.0 Å². The molecule has 2 aromatic rings. The molecule has 1 heterocycles. The Morgan fingerprint density at radius 2 is 1.73 bits per heavy atom. The average Bonchev–Trinajstić information content (AvgIpc) is 2.79. The molecule has 0 spiro atoms. The van der Waals surface area contributed by atoms with Gasteiger partial charge in [-0.3, -0.25) is 9.69 Å². The van der Waals surface area contributed by atoms with E-state index in [-0.39, 0.29) is 0 Å². The van der Waals surface area contributed by atoms with Crippen LogP contribution in [0, 0.1) is 0 Å². The first-order valence-corrected chi connectivity index (χ1v) is 9.97. The standard InChI is InChI=1S/C23H29NO6/c1-27-15-11-12-19(28-2)17(14-15)21(24-13-6-5-9-18(24)23(25)26)16-8-7-10-20(29-3)22(16)30-4/h7-8,10-12,14,18,21H,5-6,9,13H2,1-4H3,(H,25,26). The van der Waals surface area contributed by atoms with Gasteiger partial charge in [-0.05, 0) is 43.7 Å². The van der Waals surface area contributed by atoms with Crippen molar-refractivity contribution >= 4 is 5.97 Å². The number of carbonyl (C=O) groups is 1. The normalized spacial score (nSPS) is 17.8. The number of nitrogens with zero attached hydrogens (tertiary/aromatic N) is 1. The van der Waals surface area contributed by atoms with E-state index in [1.54, 1.807) is 28.4 Å². The summed E-state index contributed by atoms with van der Waals surface area (Å²) < 4.78 is 22.3. The quantitative estimate of drug-likeness (QED) is 0.704. The minimum absolute atomic E-state index is 0.415. The summed E-state index contributed by atoms with van der Waals surface area (Å²) in [4.78, 5) is 14.1. The zero-order valence-corrected chi connectivity index (χ0v) is 17.9. The van der Waals surface area contributed by atoms with Gasteiger partial charge in [0.05, 0.1) is 34.5 Å². The fraction of sp³-hybridized carbons (Fsp3) is 0.435. The number of para-hydroxylation sites is 1. The first-order valence-electron chi connectivity index (χ1n) is 9.97. The molecular formula is C23H29NO6. The Morgan fingerprint density at radius 3 is 2.37 bits per heavy atom. The molecule has 2 atom stereocenters. The van der Waals surface area contributed by atoms with Gasteiger partial charge in [0.1, 0.15) is 17.5 Å². The fourth-order valence-corrected chi connectivity index (χ4v) is 4.23. The lowest BCUT2D eigenvalue weighted by atomic mass is 9.90. The van der Waals surface area contributed by atoms with Gasteiger partial charge < -0.3 is 24.1 Å². The first-order chi connectivity index (χ1) is 14.5. The van der Waals surface area contributed by atoms with Crippen molar-refractivity contribution in [2.24, 2.45) is 0 Å². The lowest BCUT2D eigenvalue weighted by Crippen LogP contribution is -2.47. The highest BCUT2D eigenvalue weighted by molar-refractivity contribution is 5.74. The molecule has 7 nitrogen and oxygen atoms in total. The second-order valence-corrected chi connectivity index (χ2v) is 7.18. The summed E-state index contributed by atoms with van der Waals surface area (Å²) in [6, 6.07) is 10.2. The Morgan fingerprint density at radius 1 is 0.967 bits per heavy atom. The second-order valence-electron chi connectivity index (χ2n) is 7.18. The predicted octanol–water partition coefficient (Wildman–Crippen LogP) is 3.75. The van der Waals surface area contributed by atoms with Gasteiger partial charge >= 0.3 is 5.97 Å². The maximum Gasteiger partial charge on any atom is 0.320 e. The van der Waals surface area contributed by atoms with Crippen LogP contribution in [0.5, 0.6) is 23.0 Å². The number of benzene rings is 2. The number of hydrogen-bond donors (Lipinski definition) is 1. The largest absolute Gasteiger partial charge is 0.497 e. The van der Waals surface area contributed by atoms with Crippen LogP contribution in [-0.2, 0) is 4.79 Å². The van der Waals surface area contributed by atoms with E-state index in [1.807, 2.05) is 41.3 Å². The van der Waals surface area contributed by atoms with E-state index in [0.29, 0.717) is 36.0 Å². The van der Waals surface area contributed by atoms with Gasteiger partial charge in [0.2, 0.25) is 0 Å². The highest BCUT2D eigenvalue weighted by Gasteiger charge is 2.38. The van der Waals surface area contributed by atoms with Crippen molar-refractivity contribution in [3.05, 3.63) is 47.5 Å². The molecule has 1 aliphatic rings. The number of carboxylic acids is 1. The van der Waals surface area contributed by atoms with Crippen LogP contribution in [0.4, 0.5) is 0 Å². The molecule has 1 N–H and O–H groups in total. The molecule has 0 bridgehead atoms. The van der Waals surface area contributed by atoms with Crippen molar-refractivity contribution in [2.45, 2.75) is 31.3 Å². The monoisotopic (exact) mass is 415 g/mol. The van der Waals surface area contributed by atoms with E-state index in [1.165, 1.54) is 0 Å². The third kappa shape index (κ3) is 4.16. The van der Waals surface area contributed by atoms with Crippen molar-refractivity contribution in [3.8, 4) is 23.0 Å². The predicted molar refractivity (Wildman–Crippen MR) is 113 cm³/mol. The maximum absolute atomic E-state index is 12.1. The average molecular weight is 415 g/mol. The first kappa shape index (κ1) is 21.8. The van der Waals surface area contributed by atoms with Crippen LogP contribution >= 0.6 is 0 Å². The molecular weight excluding hydrogens is 386 g/mol. The van der Waals surface area contributed by atoms with Gasteiger partial charge in [0, 0.05) is 11.1 Å². The number of piperidine rings is 1. The van der Waals surface area contributed by atoms with Crippen molar-refractivity contribution in [2.75, 3.05) is 35.0 Å². The molecule has 162 valence electrons. The molecule has 7 heteroatoms. The summed E-state index contributed by atoms with van der Waals surface area (Å²) in [6.07, 6.45) is 2.38. The lowest BCUT2D eigenvalue weighted by Gasteiger charge is -2.40. The molecule has 3 rings (SSSR count). The molecule has 1 fully saturated rings. The van der Waals surface area contributed by atoms with Gasteiger partial charge in [-0.1, -0.05) is 18.6 Å². The molecule has 1 aliphatic heterocycles. The Kier molecular flexibility index (Phi) is 7.05. The molecule has 0 radical (unpaired) electrons. The van der Waals surface area contributed by atoms with Crippen molar-refractivity contribution < 1.29 is 28.8 Å². The number of carboxylic acid groups (broad SMARTS) is 1. The summed E-state index contributed by atoms with van der Waals surface area (Å²) in [5.74, 6) is 1.65. The van der Waals surface area contributed by atoms with Crippen LogP contribution in [0.15, 0.2) is 36.4 Å². The summed E-state index contributed by atoms with van der Waals surface area (Å²) in [7, 11) is 6.39. The lowest BCUT2D eigenvalue weighted by molar-refractivity contribution is -0.145. The number of aliphatic carboxylic acids is 1. The zero-order valence-electron chi connectivity index (χ0n) is 17.9. The smallest absolute Gasteiger partial charge is 0.320 e. The van der Waals surface area contributed by atoms with E-state index in [2.05, 4.69) is 0 Å². The Labute approximate surface area is 177 Å². The van der Waals surface area contributed by atoms with E-state index >= 15 is 0 Å².